The minimum absolute atomic E-state index is 0.672. The Balaban J connectivity index is 1.67. The summed E-state index contributed by atoms with van der Waals surface area (Å²) < 4.78 is 53.9. The van der Waals surface area contributed by atoms with Crippen LogP contribution in [0.3, 0.4) is 0 Å². The quantitative estimate of drug-likeness (QED) is 0.185. The van der Waals surface area contributed by atoms with Gasteiger partial charge in [0.05, 0.1) is 22.1 Å². The number of benzene rings is 4. The Morgan fingerprint density at radius 3 is 2.11 bits per heavy atom. The number of halogens is 3. The maximum absolute atomic E-state index is 13.0. The zero-order valence-electron chi connectivity index (χ0n) is 19.0. The second kappa shape index (κ2) is 7.43. The van der Waals surface area contributed by atoms with E-state index in [1.165, 1.54) is 12.1 Å². The summed E-state index contributed by atoms with van der Waals surface area (Å²) in [6.07, 6.45) is -4.37. The third-order valence-electron chi connectivity index (χ3n) is 6.50. The molecule has 6 rings (SSSR count). The Kier molecular flexibility index (Phi) is 4.64. The van der Waals surface area contributed by atoms with Crippen LogP contribution in [0.15, 0.2) is 84.9 Å². The fourth-order valence-electron chi connectivity index (χ4n) is 4.71. The van der Waals surface area contributed by atoms with Gasteiger partial charge >= 0.3 is 6.18 Å². The number of hydrogen-bond donors (Lipinski definition) is 0. The summed E-state index contributed by atoms with van der Waals surface area (Å²) in [6.45, 7) is 3.52. The van der Waals surface area contributed by atoms with E-state index in [0.717, 1.165) is 61.4 Å². The summed E-state index contributed by atoms with van der Waals surface area (Å²) >= 11 is 0. The van der Waals surface area contributed by atoms with Crippen molar-refractivity contribution in [3.63, 3.8) is 0 Å². The summed E-state index contributed by atoms with van der Waals surface area (Å²) in [5.41, 5.74) is 4.21. The molecule has 0 N–H and O–H groups in total. The SMILES string of the molecule is CP(C)(=O)c1ccc2c(c1)c1ccccc1c1nc3ccc(-c4ccc(C(F)(F)F)cc4)cc3n21. The van der Waals surface area contributed by atoms with Crippen LogP contribution in [0.25, 0.3) is 49.5 Å². The Morgan fingerprint density at radius 2 is 1.43 bits per heavy atom. The summed E-state index contributed by atoms with van der Waals surface area (Å²) in [5, 5.41) is 3.80. The van der Waals surface area contributed by atoms with Gasteiger partial charge in [-0.05, 0) is 72.3 Å². The van der Waals surface area contributed by atoms with Crippen molar-refractivity contribution in [3.05, 3.63) is 90.5 Å². The molecule has 0 aliphatic rings. The van der Waals surface area contributed by atoms with Crippen LogP contribution in [0.5, 0.6) is 0 Å². The highest BCUT2D eigenvalue weighted by Gasteiger charge is 2.30. The first kappa shape index (κ1) is 21.9. The molecule has 7 heteroatoms. The molecule has 0 saturated carbocycles. The topological polar surface area (TPSA) is 34.4 Å². The second-order valence-electron chi connectivity index (χ2n) is 9.15. The van der Waals surface area contributed by atoms with E-state index >= 15 is 0 Å². The lowest BCUT2D eigenvalue weighted by molar-refractivity contribution is -0.137. The van der Waals surface area contributed by atoms with Crippen molar-refractivity contribution in [2.75, 3.05) is 13.3 Å². The van der Waals surface area contributed by atoms with Crippen LogP contribution >= 0.6 is 7.14 Å². The van der Waals surface area contributed by atoms with Crippen molar-refractivity contribution >= 4 is 50.8 Å². The van der Waals surface area contributed by atoms with Gasteiger partial charge in [-0.15, -0.1) is 0 Å². The van der Waals surface area contributed by atoms with Crippen molar-refractivity contribution in [2.45, 2.75) is 6.18 Å². The molecule has 174 valence electrons. The number of hydrogen-bond acceptors (Lipinski definition) is 2. The molecule has 35 heavy (non-hydrogen) atoms. The van der Waals surface area contributed by atoms with Gasteiger partial charge in [-0.1, -0.05) is 42.5 Å². The standard InChI is InChI=1S/C28H20F3N2OP/c1-35(2,34)20-12-14-25-23(16-20)21-5-3-4-6-22(21)27-32-24-13-9-18(15-26(24)33(25)27)17-7-10-19(11-8-17)28(29,30)31/h3-16H,1-2H3. The number of alkyl halides is 3. The number of rotatable bonds is 2. The van der Waals surface area contributed by atoms with E-state index in [1.54, 1.807) is 13.3 Å². The van der Waals surface area contributed by atoms with Gasteiger partial charge in [0.15, 0.2) is 0 Å². The first-order valence-corrected chi connectivity index (χ1v) is 13.7. The Hall–Kier alpha value is -3.63. The van der Waals surface area contributed by atoms with Gasteiger partial charge in [0.2, 0.25) is 0 Å². The van der Waals surface area contributed by atoms with E-state index in [0.29, 0.717) is 5.56 Å². The molecular weight excluding hydrogens is 468 g/mol. The Morgan fingerprint density at radius 1 is 0.743 bits per heavy atom. The normalized spacial score (nSPS) is 12.8. The van der Waals surface area contributed by atoms with E-state index in [1.807, 2.05) is 60.7 Å². The van der Waals surface area contributed by atoms with Crippen LogP contribution in [0, 0.1) is 0 Å². The third-order valence-corrected chi connectivity index (χ3v) is 8.02. The van der Waals surface area contributed by atoms with E-state index in [-0.39, 0.29) is 0 Å². The van der Waals surface area contributed by atoms with Crippen molar-refractivity contribution < 1.29 is 17.7 Å². The molecule has 0 aliphatic heterocycles. The molecule has 0 radical (unpaired) electrons. The average Bonchev–Trinajstić information content (AvgIpc) is 3.22. The van der Waals surface area contributed by atoms with Gasteiger partial charge in [-0.2, -0.15) is 13.2 Å². The van der Waals surface area contributed by atoms with Crippen LogP contribution in [0.2, 0.25) is 0 Å². The van der Waals surface area contributed by atoms with Crippen LogP contribution in [-0.4, -0.2) is 22.7 Å². The highest BCUT2D eigenvalue weighted by Crippen LogP contribution is 2.39. The average molecular weight is 488 g/mol. The van der Waals surface area contributed by atoms with Crippen LogP contribution in [-0.2, 0) is 10.7 Å². The maximum Gasteiger partial charge on any atom is 0.416 e. The minimum atomic E-state index is -4.37. The molecule has 0 bridgehead atoms. The van der Waals surface area contributed by atoms with E-state index in [4.69, 9.17) is 4.98 Å². The van der Waals surface area contributed by atoms with Crippen molar-refractivity contribution in [1.29, 1.82) is 0 Å². The van der Waals surface area contributed by atoms with Gasteiger partial charge in [-0.3, -0.25) is 4.40 Å². The first-order chi connectivity index (χ1) is 16.6. The fraction of sp³-hybridized carbons (Fsp3) is 0.107. The molecule has 0 unspecified atom stereocenters. The number of aromatic nitrogens is 2. The summed E-state index contributed by atoms with van der Waals surface area (Å²) in [7, 11) is -2.46. The molecule has 0 atom stereocenters. The molecule has 6 aromatic rings. The molecular formula is C28H20F3N2OP. The van der Waals surface area contributed by atoms with E-state index in [2.05, 4.69) is 4.40 Å². The van der Waals surface area contributed by atoms with Gasteiger partial charge in [0, 0.05) is 16.1 Å². The van der Waals surface area contributed by atoms with Gasteiger partial charge in [0.1, 0.15) is 12.8 Å². The molecule has 0 fully saturated rings. The zero-order valence-corrected chi connectivity index (χ0v) is 19.9. The van der Waals surface area contributed by atoms with Crippen molar-refractivity contribution in [1.82, 2.24) is 9.38 Å². The molecule has 0 aliphatic carbocycles. The Bertz CT molecular complexity index is 1830. The van der Waals surface area contributed by atoms with Gasteiger partial charge in [-0.25, -0.2) is 4.98 Å². The monoisotopic (exact) mass is 488 g/mol. The number of imidazole rings is 1. The lowest BCUT2D eigenvalue weighted by Crippen LogP contribution is -2.04. The molecule has 2 heterocycles. The predicted octanol–water partition coefficient (Wildman–Crippen LogP) is 7.73. The highest BCUT2D eigenvalue weighted by molar-refractivity contribution is 7.70. The van der Waals surface area contributed by atoms with E-state index < -0.39 is 18.9 Å². The molecule has 2 aromatic heterocycles. The lowest BCUT2D eigenvalue weighted by Gasteiger charge is -2.13. The zero-order chi connectivity index (χ0) is 24.5. The molecule has 0 amide bonds. The Labute approximate surface area is 199 Å². The van der Waals surface area contributed by atoms with Crippen molar-refractivity contribution in [3.8, 4) is 11.1 Å². The second-order valence-corrected chi connectivity index (χ2v) is 12.4. The number of nitrogens with zero attached hydrogens (tertiary/aromatic N) is 2. The lowest BCUT2D eigenvalue weighted by atomic mass is 10.0. The smallest absolute Gasteiger partial charge is 0.319 e. The maximum atomic E-state index is 13.0. The minimum Gasteiger partial charge on any atom is -0.319 e. The molecule has 0 saturated heterocycles. The number of pyridine rings is 1. The largest absolute Gasteiger partial charge is 0.416 e. The predicted molar refractivity (Wildman–Crippen MR) is 137 cm³/mol. The summed E-state index contributed by atoms with van der Waals surface area (Å²) in [6, 6.07) is 24.8. The fourth-order valence-corrected chi connectivity index (χ4v) is 5.59. The highest BCUT2D eigenvalue weighted by atomic mass is 31.2. The summed E-state index contributed by atoms with van der Waals surface area (Å²) in [4.78, 5) is 4.91. The van der Waals surface area contributed by atoms with Gasteiger partial charge in [0.25, 0.3) is 0 Å². The number of fused-ring (bicyclic) bond motifs is 8. The van der Waals surface area contributed by atoms with E-state index in [9.17, 15) is 17.7 Å². The molecule has 3 nitrogen and oxygen atoms in total. The third kappa shape index (κ3) is 3.52. The summed E-state index contributed by atoms with van der Waals surface area (Å²) in [5.74, 6) is 0. The first-order valence-electron chi connectivity index (χ1n) is 11.1. The molecule has 0 spiro atoms. The van der Waals surface area contributed by atoms with Gasteiger partial charge < -0.3 is 4.57 Å². The van der Waals surface area contributed by atoms with Crippen molar-refractivity contribution in [2.24, 2.45) is 0 Å². The van der Waals surface area contributed by atoms with Crippen LogP contribution in [0.1, 0.15) is 5.56 Å². The van der Waals surface area contributed by atoms with Crippen LogP contribution in [0.4, 0.5) is 13.2 Å². The van der Waals surface area contributed by atoms with Crippen LogP contribution < -0.4 is 5.30 Å². The molecule has 4 aromatic carbocycles.